The van der Waals surface area contributed by atoms with E-state index >= 15 is 0 Å². The molecule has 0 saturated carbocycles. The van der Waals surface area contributed by atoms with Crippen LogP contribution in [-0.2, 0) is 6.54 Å². The van der Waals surface area contributed by atoms with Crippen molar-refractivity contribution in [3.8, 4) is 0 Å². The zero-order chi connectivity index (χ0) is 11.5. The Morgan fingerprint density at radius 3 is 2.62 bits per heavy atom. The van der Waals surface area contributed by atoms with Gasteiger partial charge < -0.3 is 11.1 Å². The van der Waals surface area contributed by atoms with Crippen molar-refractivity contribution in [2.24, 2.45) is 0 Å². The van der Waals surface area contributed by atoms with E-state index in [1.54, 1.807) is 0 Å². The molecule has 0 aliphatic carbocycles. The minimum Gasteiger partial charge on any atom is -0.398 e. The first-order valence-corrected chi connectivity index (χ1v) is 6.12. The number of rotatable bonds is 3. The lowest BCUT2D eigenvalue weighted by Crippen LogP contribution is -1.99. The zero-order valence-electron chi connectivity index (χ0n) is 9.58. The number of nitrogen functional groups attached to an aromatic ring is 1. The third kappa shape index (κ3) is 2.55. The predicted molar refractivity (Wildman–Crippen MR) is 72.0 cm³/mol. The van der Waals surface area contributed by atoms with Gasteiger partial charge in [-0.3, -0.25) is 0 Å². The van der Waals surface area contributed by atoms with Crippen molar-refractivity contribution in [1.29, 1.82) is 0 Å². The number of benzene rings is 1. The first-order valence-electron chi connectivity index (χ1n) is 5.30. The third-order valence-corrected chi connectivity index (χ3v) is 3.54. The summed E-state index contributed by atoms with van der Waals surface area (Å²) in [6.07, 6.45) is 0. The maximum atomic E-state index is 5.86. The van der Waals surface area contributed by atoms with Crippen LogP contribution >= 0.6 is 11.3 Å². The van der Waals surface area contributed by atoms with Crippen molar-refractivity contribution in [3.63, 3.8) is 0 Å². The van der Waals surface area contributed by atoms with Gasteiger partial charge in [0.05, 0.1) is 0 Å². The molecule has 0 amide bonds. The fraction of sp³-hybridized carbons (Fsp3) is 0.231. The van der Waals surface area contributed by atoms with E-state index in [9.17, 15) is 0 Å². The van der Waals surface area contributed by atoms with E-state index in [4.69, 9.17) is 5.73 Å². The molecule has 2 nitrogen and oxygen atoms in total. The van der Waals surface area contributed by atoms with Crippen molar-refractivity contribution in [2.75, 3.05) is 11.1 Å². The molecule has 0 unspecified atom stereocenters. The number of nitrogens with one attached hydrogen (secondary N) is 1. The maximum absolute atomic E-state index is 5.86. The summed E-state index contributed by atoms with van der Waals surface area (Å²) in [4.78, 5) is 2.69. The van der Waals surface area contributed by atoms with E-state index in [1.807, 2.05) is 30.4 Å². The molecule has 0 radical (unpaired) electrons. The molecule has 2 rings (SSSR count). The van der Waals surface area contributed by atoms with Gasteiger partial charge in [0.25, 0.3) is 0 Å². The highest BCUT2D eigenvalue weighted by Crippen LogP contribution is 2.20. The largest absolute Gasteiger partial charge is 0.398 e. The highest BCUT2D eigenvalue weighted by Gasteiger charge is 1.99. The lowest BCUT2D eigenvalue weighted by atomic mass is 10.2. The van der Waals surface area contributed by atoms with Crippen molar-refractivity contribution >= 4 is 22.7 Å². The lowest BCUT2D eigenvalue weighted by Gasteiger charge is -2.07. The first-order chi connectivity index (χ1) is 7.65. The van der Waals surface area contributed by atoms with Crippen LogP contribution in [0.4, 0.5) is 11.4 Å². The minimum absolute atomic E-state index is 0.840. The average molecular weight is 232 g/mol. The molecule has 0 aliphatic rings. The number of nitrogens with two attached hydrogens (primary N) is 1. The number of anilines is 2. The van der Waals surface area contributed by atoms with Gasteiger partial charge >= 0.3 is 0 Å². The highest BCUT2D eigenvalue weighted by molar-refractivity contribution is 7.11. The Balaban J connectivity index is 2.02. The summed E-state index contributed by atoms with van der Waals surface area (Å²) < 4.78 is 0. The van der Waals surface area contributed by atoms with Crippen LogP contribution in [0.3, 0.4) is 0 Å². The summed E-state index contributed by atoms with van der Waals surface area (Å²) in [7, 11) is 0. The number of thiophene rings is 1. The van der Waals surface area contributed by atoms with Gasteiger partial charge in [-0.2, -0.15) is 0 Å². The van der Waals surface area contributed by atoms with Crippen molar-refractivity contribution in [1.82, 2.24) is 0 Å². The van der Waals surface area contributed by atoms with Gasteiger partial charge in [0.2, 0.25) is 0 Å². The van der Waals surface area contributed by atoms with Gasteiger partial charge in [-0.25, -0.2) is 0 Å². The molecule has 0 aliphatic heterocycles. The summed E-state index contributed by atoms with van der Waals surface area (Å²) in [5, 5.41) is 3.37. The summed E-state index contributed by atoms with van der Waals surface area (Å²) in [5.41, 5.74) is 8.90. The zero-order valence-corrected chi connectivity index (χ0v) is 10.4. The van der Waals surface area contributed by atoms with Gasteiger partial charge in [-0.1, -0.05) is 6.07 Å². The average Bonchev–Trinajstić information content (AvgIpc) is 2.66. The number of hydrogen-bond acceptors (Lipinski definition) is 3. The molecule has 0 fully saturated rings. The van der Waals surface area contributed by atoms with E-state index < -0.39 is 0 Å². The van der Waals surface area contributed by atoms with E-state index in [0.717, 1.165) is 23.5 Å². The second kappa shape index (κ2) is 4.58. The Morgan fingerprint density at radius 1 is 1.19 bits per heavy atom. The standard InChI is InChI=1S/C13H16N2S/c1-9-3-5-11(7-13(9)14)15-8-12-6-4-10(2)16-12/h3-7,15H,8,14H2,1-2H3. The fourth-order valence-electron chi connectivity index (χ4n) is 1.52. The summed E-state index contributed by atoms with van der Waals surface area (Å²) >= 11 is 1.82. The second-order valence-electron chi connectivity index (χ2n) is 3.94. The topological polar surface area (TPSA) is 38.0 Å². The van der Waals surface area contributed by atoms with Gasteiger partial charge in [0.1, 0.15) is 0 Å². The molecule has 0 spiro atoms. The number of hydrogen-bond donors (Lipinski definition) is 2. The van der Waals surface area contributed by atoms with E-state index in [2.05, 4.69) is 30.4 Å². The van der Waals surface area contributed by atoms with Crippen molar-refractivity contribution < 1.29 is 0 Å². The second-order valence-corrected chi connectivity index (χ2v) is 5.31. The third-order valence-electron chi connectivity index (χ3n) is 2.54. The molecule has 1 aromatic carbocycles. The van der Waals surface area contributed by atoms with Gasteiger partial charge in [0.15, 0.2) is 0 Å². The Hall–Kier alpha value is -1.48. The van der Waals surface area contributed by atoms with Gasteiger partial charge in [-0.05, 0) is 43.7 Å². The molecule has 1 aromatic heterocycles. The SMILES string of the molecule is Cc1ccc(CNc2ccc(C)c(N)c2)s1. The molecule has 3 heteroatoms. The van der Waals surface area contributed by atoms with Crippen LogP contribution in [-0.4, -0.2) is 0 Å². The van der Waals surface area contributed by atoms with Crippen LogP contribution < -0.4 is 11.1 Å². The van der Waals surface area contributed by atoms with E-state index in [-0.39, 0.29) is 0 Å². The molecule has 16 heavy (non-hydrogen) atoms. The molecule has 2 aromatic rings. The molecule has 3 N–H and O–H groups in total. The Labute approximate surface area is 100 Å². The lowest BCUT2D eigenvalue weighted by molar-refractivity contribution is 1.19. The quantitative estimate of drug-likeness (QED) is 0.794. The molecular weight excluding hydrogens is 216 g/mol. The highest BCUT2D eigenvalue weighted by atomic mass is 32.1. The summed E-state index contributed by atoms with van der Waals surface area (Å²) in [6.45, 7) is 5.00. The van der Waals surface area contributed by atoms with Gasteiger partial charge in [0, 0.05) is 27.7 Å². The van der Waals surface area contributed by atoms with Crippen LogP contribution in [0.5, 0.6) is 0 Å². The van der Waals surface area contributed by atoms with E-state index in [1.165, 1.54) is 9.75 Å². The van der Waals surface area contributed by atoms with Crippen molar-refractivity contribution in [3.05, 3.63) is 45.6 Å². The molecule has 84 valence electrons. The van der Waals surface area contributed by atoms with Crippen LogP contribution in [0.2, 0.25) is 0 Å². The van der Waals surface area contributed by atoms with Crippen LogP contribution in [0.1, 0.15) is 15.3 Å². The molecule has 0 atom stereocenters. The maximum Gasteiger partial charge on any atom is 0.0494 e. The predicted octanol–water partition coefficient (Wildman–Crippen LogP) is 3.56. The fourth-order valence-corrected chi connectivity index (χ4v) is 2.35. The minimum atomic E-state index is 0.840. The molecule has 1 heterocycles. The van der Waals surface area contributed by atoms with Crippen LogP contribution in [0, 0.1) is 13.8 Å². The van der Waals surface area contributed by atoms with Gasteiger partial charge in [-0.15, -0.1) is 11.3 Å². The molecule has 0 saturated heterocycles. The number of aryl methyl sites for hydroxylation is 2. The summed E-state index contributed by atoms with van der Waals surface area (Å²) in [5.74, 6) is 0. The summed E-state index contributed by atoms with van der Waals surface area (Å²) in [6, 6.07) is 10.4. The Kier molecular flexibility index (Phi) is 3.15. The Morgan fingerprint density at radius 2 is 2.00 bits per heavy atom. The van der Waals surface area contributed by atoms with Crippen molar-refractivity contribution in [2.45, 2.75) is 20.4 Å². The van der Waals surface area contributed by atoms with E-state index in [0.29, 0.717) is 0 Å². The Bertz CT molecular complexity index is 488. The normalized spacial score (nSPS) is 10.4. The van der Waals surface area contributed by atoms with Crippen LogP contribution in [0.15, 0.2) is 30.3 Å². The monoisotopic (exact) mass is 232 g/mol. The first kappa shape index (κ1) is 11.0. The molecular formula is C13H16N2S. The molecule has 0 bridgehead atoms. The van der Waals surface area contributed by atoms with Crippen LogP contribution in [0.25, 0.3) is 0 Å². The smallest absolute Gasteiger partial charge is 0.0494 e.